The first-order chi connectivity index (χ1) is 11.8. The number of aliphatic carboxylic acids is 1. The number of ether oxygens (including phenoxy) is 1. The molecule has 1 heterocycles. The molecule has 7 heteroatoms. The molecule has 1 N–H and O–H groups in total. The number of carboxylic acid groups (broad SMARTS) is 1. The van der Waals surface area contributed by atoms with Crippen LogP contribution in [0.4, 0.5) is 0 Å². The highest BCUT2D eigenvalue weighted by Crippen LogP contribution is 2.35. The van der Waals surface area contributed by atoms with Gasteiger partial charge < -0.3 is 9.84 Å². The van der Waals surface area contributed by atoms with Crippen molar-refractivity contribution >= 4 is 46.3 Å². The largest absolute Gasteiger partial charge is 0.494 e. The highest BCUT2D eigenvalue weighted by atomic mass is 32.2. The molecule has 1 aromatic carbocycles. The van der Waals surface area contributed by atoms with Crippen molar-refractivity contribution in [2.75, 3.05) is 6.61 Å². The third-order valence-electron chi connectivity index (χ3n) is 3.61. The van der Waals surface area contributed by atoms with Crippen molar-refractivity contribution in [3.05, 3.63) is 34.7 Å². The Hall–Kier alpha value is -1.86. The molecule has 0 bridgehead atoms. The van der Waals surface area contributed by atoms with Crippen LogP contribution in [0.2, 0.25) is 0 Å². The first-order valence-corrected chi connectivity index (χ1v) is 9.30. The SMILES string of the molecule is CCCOc1cccc(/C=C2/SC(=S)N([C@H](C(=O)O)C(C)C)C2=O)c1. The molecule has 25 heavy (non-hydrogen) atoms. The fourth-order valence-electron chi connectivity index (χ4n) is 2.48. The Kier molecular flexibility index (Phi) is 6.61. The summed E-state index contributed by atoms with van der Waals surface area (Å²) in [6.07, 6.45) is 2.63. The first-order valence-electron chi connectivity index (χ1n) is 8.07. The summed E-state index contributed by atoms with van der Waals surface area (Å²) in [4.78, 5) is 25.8. The Morgan fingerprint density at radius 2 is 2.16 bits per heavy atom. The van der Waals surface area contributed by atoms with Gasteiger partial charge in [-0.1, -0.05) is 56.9 Å². The summed E-state index contributed by atoms with van der Waals surface area (Å²) < 4.78 is 5.87. The zero-order valence-corrected chi connectivity index (χ0v) is 16.0. The van der Waals surface area contributed by atoms with E-state index in [1.54, 1.807) is 19.9 Å². The molecule has 1 saturated heterocycles. The third kappa shape index (κ3) is 4.61. The van der Waals surface area contributed by atoms with Crippen LogP contribution < -0.4 is 4.74 Å². The normalized spacial score (nSPS) is 17.4. The molecule has 0 aliphatic carbocycles. The van der Waals surface area contributed by atoms with Crippen molar-refractivity contribution in [3.63, 3.8) is 0 Å². The van der Waals surface area contributed by atoms with Gasteiger partial charge in [0.05, 0.1) is 11.5 Å². The Morgan fingerprint density at radius 1 is 1.44 bits per heavy atom. The molecule has 1 aromatic rings. The second-order valence-corrected chi connectivity index (χ2v) is 7.68. The lowest BCUT2D eigenvalue weighted by atomic mass is 10.0. The molecule has 0 radical (unpaired) electrons. The van der Waals surface area contributed by atoms with Gasteiger partial charge >= 0.3 is 5.97 Å². The molecule has 0 unspecified atom stereocenters. The maximum atomic E-state index is 12.7. The summed E-state index contributed by atoms with van der Waals surface area (Å²) in [7, 11) is 0. The summed E-state index contributed by atoms with van der Waals surface area (Å²) in [6, 6.07) is 6.46. The fraction of sp³-hybridized carbons (Fsp3) is 0.389. The van der Waals surface area contributed by atoms with E-state index in [1.165, 1.54) is 4.90 Å². The number of hydrogen-bond donors (Lipinski definition) is 1. The van der Waals surface area contributed by atoms with Gasteiger partial charge in [-0.05, 0) is 36.1 Å². The highest BCUT2D eigenvalue weighted by Gasteiger charge is 2.41. The predicted octanol–water partition coefficient (Wildman–Crippen LogP) is 3.79. The number of carbonyl (C=O) groups is 2. The molecule has 0 aromatic heterocycles. The summed E-state index contributed by atoms with van der Waals surface area (Å²) >= 11 is 6.38. The number of benzene rings is 1. The van der Waals surface area contributed by atoms with E-state index in [2.05, 4.69) is 0 Å². The quantitative estimate of drug-likeness (QED) is 0.574. The minimum Gasteiger partial charge on any atom is -0.494 e. The smallest absolute Gasteiger partial charge is 0.327 e. The number of nitrogens with zero attached hydrogens (tertiary/aromatic N) is 1. The average molecular weight is 380 g/mol. The fourth-order valence-corrected chi connectivity index (χ4v) is 3.81. The van der Waals surface area contributed by atoms with Crippen LogP contribution in [0, 0.1) is 5.92 Å². The van der Waals surface area contributed by atoms with Gasteiger partial charge in [0.2, 0.25) is 0 Å². The second kappa shape index (κ2) is 8.49. The Balaban J connectivity index is 2.27. The molecule has 1 aliphatic rings. The van der Waals surface area contributed by atoms with Crippen molar-refractivity contribution in [2.24, 2.45) is 5.92 Å². The van der Waals surface area contributed by atoms with Crippen LogP contribution in [0.25, 0.3) is 6.08 Å². The molecule has 1 atom stereocenters. The zero-order chi connectivity index (χ0) is 18.6. The van der Waals surface area contributed by atoms with E-state index in [9.17, 15) is 14.7 Å². The van der Waals surface area contributed by atoms with Crippen molar-refractivity contribution in [3.8, 4) is 5.75 Å². The molecule has 134 valence electrons. The van der Waals surface area contributed by atoms with Gasteiger partial charge in [-0.25, -0.2) is 4.79 Å². The monoisotopic (exact) mass is 379 g/mol. The summed E-state index contributed by atoms with van der Waals surface area (Å²) in [5.74, 6) is -0.930. The van der Waals surface area contributed by atoms with Crippen LogP contribution >= 0.6 is 24.0 Å². The standard InChI is InChI=1S/C18H21NO4S2/c1-4-8-23-13-7-5-6-12(9-13)10-14-16(20)19(18(24)25-14)15(11(2)3)17(21)22/h5-7,9-11,15H,4,8H2,1-3H3,(H,21,22)/b14-10+/t15-/m0/s1. The lowest BCUT2D eigenvalue weighted by molar-refractivity contribution is -0.146. The minimum absolute atomic E-state index is 0.245. The molecule has 5 nitrogen and oxygen atoms in total. The summed E-state index contributed by atoms with van der Waals surface area (Å²) in [5.41, 5.74) is 0.811. The van der Waals surface area contributed by atoms with Crippen molar-refractivity contribution in [2.45, 2.75) is 33.2 Å². The second-order valence-electron chi connectivity index (χ2n) is 6.00. The average Bonchev–Trinajstić information content (AvgIpc) is 2.80. The van der Waals surface area contributed by atoms with Crippen LogP contribution in [0.5, 0.6) is 5.75 Å². The maximum absolute atomic E-state index is 12.7. The molecule has 1 aliphatic heterocycles. The number of thiocarbonyl (C=S) groups is 1. The van der Waals surface area contributed by atoms with Crippen LogP contribution in [-0.2, 0) is 9.59 Å². The molecule has 1 amide bonds. The molecule has 1 fully saturated rings. The molecule has 2 rings (SSSR count). The summed E-state index contributed by atoms with van der Waals surface area (Å²) in [6.45, 7) is 6.17. The van der Waals surface area contributed by atoms with Crippen molar-refractivity contribution in [1.29, 1.82) is 0 Å². The molecular weight excluding hydrogens is 358 g/mol. The number of carbonyl (C=O) groups excluding carboxylic acids is 1. The number of carboxylic acids is 1. The van der Waals surface area contributed by atoms with Crippen LogP contribution in [0.15, 0.2) is 29.2 Å². The molecule has 0 spiro atoms. The number of thioether (sulfide) groups is 1. The molecular formula is C18H21NO4S2. The van der Waals surface area contributed by atoms with E-state index in [1.807, 2.05) is 31.2 Å². The third-order valence-corrected chi connectivity index (χ3v) is 4.95. The predicted molar refractivity (Wildman–Crippen MR) is 104 cm³/mol. The minimum atomic E-state index is -1.05. The first kappa shape index (κ1) is 19.5. The van der Waals surface area contributed by atoms with E-state index in [4.69, 9.17) is 17.0 Å². The topological polar surface area (TPSA) is 66.8 Å². The van der Waals surface area contributed by atoms with E-state index in [-0.39, 0.29) is 16.1 Å². The van der Waals surface area contributed by atoms with Crippen LogP contribution in [-0.4, -0.2) is 38.9 Å². The van der Waals surface area contributed by atoms with Gasteiger partial charge in [-0.15, -0.1) is 0 Å². The highest BCUT2D eigenvalue weighted by molar-refractivity contribution is 8.26. The van der Waals surface area contributed by atoms with Crippen molar-refractivity contribution in [1.82, 2.24) is 4.90 Å². The van der Waals surface area contributed by atoms with Crippen molar-refractivity contribution < 1.29 is 19.4 Å². The van der Waals surface area contributed by atoms with Crippen LogP contribution in [0.3, 0.4) is 0 Å². The van der Waals surface area contributed by atoms with Gasteiger partial charge in [0, 0.05) is 0 Å². The van der Waals surface area contributed by atoms with E-state index < -0.39 is 12.0 Å². The van der Waals surface area contributed by atoms with Crippen LogP contribution in [0.1, 0.15) is 32.8 Å². The van der Waals surface area contributed by atoms with Gasteiger partial charge in [-0.3, -0.25) is 9.69 Å². The Morgan fingerprint density at radius 3 is 2.76 bits per heavy atom. The zero-order valence-electron chi connectivity index (χ0n) is 14.4. The van der Waals surface area contributed by atoms with E-state index in [0.717, 1.165) is 29.5 Å². The van der Waals surface area contributed by atoms with Gasteiger partial charge in [-0.2, -0.15) is 0 Å². The Bertz CT molecular complexity index is 715. The van der Waals surface area contributed by atoms with E-state index >= 15 is 0 Å². The van der Waals surface area contributed by atoms with E-state index in [0.29, 0.717) is 11.5 Å². The van der Waals surface area contributed by atoms with Gasteiger partial charge in [0.1, 0.15) is 16.1 Å². The van der Waals surface area contributed by atoms with Gasteiger partial charge in [0.15, 0.2) is 0 Å². The lowest BCUT2D eigenvalue weighted by Gasteiger charge is -2.26. The molecule has 0 saturated carbocycles. The number of hydrogen-bond acceptors (Lipinski definition) is 5. The number of amides is 1. The maximum Gasteiger partial charge on any atom is 0.327 e. The lowest BCUT2D eigenvalue weighted by Crippen LogP contribution is -2.47. The van der Waals surface area contributed by atoms with Gasteiger partial charge in [0.25, 0.3) is 5.91 Å². The summed E-state index contributed by atoms with van der Waals surface area (Å²) in [5, 5.41) is 9.44. The number of rotatable bonds is 7. The Labute approximate surface area is 157 Å².